The third-order valence-electron chi connectivity index (χ3n) is 2.61. The standard InChI is InChI=1S/C15H20ClNO3/c1-14(2,3)20-13(19)17-12-7-6-10(16)8-11(12)15(4,5)9-18/h6-9H,1-5H3,(H,17,19). The summed E-state index contributed by atoms with van der Waals surface area (Å²) in [5, 5.41) is 3.16. The maximum Gasteiger partial charge on any atom is 0.412 e. The van der Waals surface area contributed by atoms with Crippen molar-refractivity contribution in [2.45, 2.75) is 45.6 Å². The Kier molecular flexibility index (Phi) is 4.81. The van der Waals surface area contributed by atoms with Crippen LogP contribution in [0.3, 0.4) is 0 Å². The zero-order valence-electron chi connectivity index (χ0n) is 12.4. The molecule has 1 rings (SSSR count). The third-order valence-corrected chi connectivity index (χ3v) is 2.84. The fourth-order valence-corrected chi connectivity index (χ4v) is 1.81. The SMILES string of the molecule is CC(C)(C)OC(=O)Nc1ccc(Cl)cc1C(C)(C)C=O. The Morgan fingerprint density at radius 3 is 2.35 bits per heavy atom. The maximum atomic E-state index is 11.8. The first kappa shape index (κ1) is 16.5. The molecule has 20 heavy (non-hydrogen) atoms. The van der Waals surface area contributed by atoms with Crippen LogP contribution in [0.15, 0.2) is 18.2 Å². The highest BCUT2D eigenvalue weighted by atomic mass is 35.5. The molecule has 4 nitrogen and oxygen atoms in total. The van der Waals surface area contributed by atoms with Gasteiger partial charge in [-0.15, -0.1) is 0 Å². The summed E-state index contributed by atoms with van der Waals surface area (Å²) >= 11 is 5.96. The van der Waals surface area contributed by atoms with Crippen molar-refractivity contribution in [2.75, 3.05) is 5.32 Å². The molecule has 0 radical (unpaired) electrons. The van der Waals surface area contributed by atoms with Crippen LogP contribution in [0.5, 0.6) is 0 Å². The largest absolute Gasteiger partial charge is 0.444 e. The first-order valence-electron chi connectivity index (χ1n) is 6.31. The topological polar surface area (TPSA) is 55.4 Å². The second-order valence-electron chi connectivity index (χ2n) is 6.16. The van der Waals surface area contributed by atoms with Gasteiger partial charge in [-0.1, -0.05) is 11.6 Å². The zero-order valence-corrected chi connectivity index (χ0v) is 13.2. The van der Waals surface area contributed by atoms with Crippen LogP contribution in [0, 0.1) is 0 Å². The quantitative estimate of drug-likeness (QED) is 0.852. The Morgan fingerprint density at radius 1 is 1.25 bits per heavy atom. The number of halogens is 1. The van der Waals surface area contributed by atoms with Gasteiger partial charge in [0.15, 0.2) is 0 Å². The molecular weight excluding hydrogens is 278 g/mol. The third kappa shape index (κ3) is 4.53. The van der Waals surface area contributed by atoms with Crippen molar-refractivity contribution in [1.29, 1.82) is 0 Å². The number of anilines is 1. The average molecular weight is 298 g/mol. The fraction of sp³-hybridized carbons (Fsp3) is 0.467. The Bertz CT molecular complexity index is 518. The molecule has 0 bridgehead atoms. The molecule has 0 spiro atoms. The van der Waals surface area contributed by atoms with E-state index in [1.54, 1.807) is 52.8 Å². The van der Waals surface area contributed by atoms with Gasteiger partial charge < -0.3 is 9.53 Å². The predicted octanol–water partition coefficient (Wildman–Crippen LogP) is 4.16. The van der Waals surface area contributed by atoms with Crippen molar-refractivity contribution >= 4 is 29.7 Å². The number of carbonyl (C=O) groups excluding carboxylic acids is 2. The molecule has 1 N–H and O–H groups in total. The van der Waals surface area contributed by atoms with Gasteiger partial charge in [0, 0.05) is 16.1 Å². The monoisotopic (exact) mass is 297 g/mol. The van der Waals surface area contributed by atoms with E-state index in [1.807, 2.05) is 0 Å². The second kappa shape index (κ2) is 5.83. The molecule has 5 heteroatoms. The number of ether oxygens (including phenoxy) is 1. The minimum atomic E-state index is -0.755. The van der Waals surface area contributed by atoms with Gasteiger partial charge in [-0.3, -0.25) is 5.32 Å². The lowest BCUT2D eigenvalue weighted by Gasteiger charge is -2.24. The predicted molar refractivity (Wildman–Crippen MR) is 80.4 cm³/mol. The molecule has 1 amide bonds. The Labute approximate surface area is 124 Å². The second-order valence-corrected chi connectivity index (χ2v) is 6.59. The molecule has 0 aliphatic carbocycles. The van der Waals surface area contributed by atoms with Gasteiger partial charge in [0.05, 0.1) is 0 Å². The molecule has 0 fully saturated rings. The molecule has 0 aromatic heterocycles. The number of hydrogen-bond acceptors (Lipinski definition) is 3. The summed E-state index contributed by atoms with van der Waals surface area (Å²) < 4.78 is 5.20. The van der Waals surface area contributed by atoms with E-state index in [0.29, 0.717) is 16.3 Å². The van der Waals surface area contributed by atoms with Crippen molar-refractivity contribution in [1.82, 2.24) is 0 Å². The first-order valence-corrected chi connectivity index (χ1v) is 6.69. The highest BCUT2D eigenvalue weighted by Gasteiger charge is 2.25. The number of rotatable bonds is 3. The highest BCUT2D eigenvalue weighted by molar-refractivity contribution is 6.30. The first-order chi connectivity index (χ1) is 9.05. The van der Waals surface area contributed by atoms with Crippen LogP contribution in [0.2, 0.25) is 5.02 Å². The van der Waals surface area contributed by atoms with Crippen molar-refractivity contribution < 1.29 is 14.3 Å². The molecule has 0 aliphatic heterocycles. The van der Waals surface area contributed by atoms with E-state index in [9.17, 15) is 9.59 Å². The summed E-state index contributed by atoms with van der Waals surface area (Å²) in [6.45, 7) is 8.86. The van der Waals surface area contributed by atoms with Gasteiger partial charge in [0.2, 0.25) is 0 Å². The van der Waals surface area contributed by atoms with E-state index >= 15 is 0 Å². The van der Waals surface area contributed by atoms with Crippen molar-refractivity contribution in [3.63, 3.8) is 0 Å². The number of hydrogen-bond donors (Lipinski definition) is 1. The van der Waals surface area contributed by atoms with E-state index in [0.717, 1.165) is 6.29 Å². The minimum Gasteiger partial charge on any atom is -0.444 e. The molecule has 0 saturated heterocycles. The number of nitrogens with one attached hydrogen (secondary N) is 1. The summed E-state index contributed by atoms with van der Waals surface area (Å²) in [6, 6.07) is 4.98. The molecule has 0 heterocycles. The summed E-state index contributed by atoms with van der Waals surface area (Å²) in [5.74, 6) is 0. The van der Waals surface area contributed by atoms with Crippen LogP contribution in [0.25, 0.3) is 0 Å². The lowest BCUT2D eigenvalue weighted by Crippen LogP contribution is -2.29. The summed E-state index contributed by atoms with van der Waals surface area (Å²) in [6.07, 6.45) is 0.252. The molecule has 0 aliphatic rings. The van der Waals surface area contributed by atoms with Crippen LogP contribution < -0.4 is 5.32 Å². The fourth-order valence-electron chi connectivity index (χ4n) is 1.64. The minimum absolute atomic E-state index is 0.504. The smallest absolute Gasteiger partial charge is 0.412 e. The zero-order chi connectivity index (χ0) is 15.6. The highest BCUT2D eigenvalue weighted by Crippen LogP contribution is 2.31. The normalized spacial score (nSPS) is 11.9. The van der Waals surface area contributed by atoms with E-state index in [4.69, 9.17) is 16.3 Å². The number of amides is 1. The van der Waals surface area contributed by atoms with Gasteiger partial charge in [0.25, 0.3) is 0 Å². The van der Waals surface area contributed by atoms with Crippen molar-refractivity contribution in [3.05, 3.63) is 28.8 Å². The Hall–Kier alpha value is -1.55. The Morgan fingerprint density at radius 2 is 1.85 bits per heavy atom. The van der Waals surface area contributed by atoms with Crippen LogP contribution >= 0.6 is 11.6 Å². The van der Waals surface area contributed by atoms with Crippen LogP contribution in [0.1, 0.15) is 40.2 Å². The van der Waals surface area contributed by atoms with E-state index in [-0.39, 0.29) is 0 Å². The molecular formula is C15H20ClNO3. The number of benzene rings is 1. The van der Waals surface area contributed by atoms with E-state index in [1.165, 1.54) is 0 Å². The maximum absolute atomic E-state index is 11.8. The van der Waals surface area contributed by atoms with Crippen LogP contribution in [-0.4, -0.2) is 18.0 Å². The summed E-state index contributed by atoms with van der Waals surface area (Å²) in [7, 11) is 0. The van der Waals surface area contributed by atoms with Crippen molar-refractivity contribution in [3.8, 4) is 0 Å². The van der Waals surface area contributed by atoms with Gasteiger partial charge >= 0.3 is 6.09 Å². The molecule has 0 atom stereocenters. The van der Waals surface area contributed by atoms with E-state index < -0.39 is 17.1 Å². The lowest BCUT2D eigenvalue weighted by molar-refractivity contribution is -0.111. The summed E-state index contributed by atoms with van der Waals surface area (Å²) in [4.78, 5) is 23.0. The molecule has 0 unspecified atom stereocenters. The van der Waals surface area contributed by atoms with E-state index in [2.05, 4.69) is 5.32 Å². The van der Waals surface area contributed by atoms with Crippen LogP contribution in [-0.2, 0) is 14.9 Å². The Balaban J connectivity index is 3.07. The number of aldehydes is 1. The molecule has 0 saturated carbocycles. The number of carbonyl (C=O) groups is 2. The molecule has 1 aromatic rings. The lowest BCUT2D eigenvalue weighted by atomic mass is 9.85. The average Bonchev–Trinajstić information content (AvgIpc) is 2.29. The van der Waals surface area contributed by atoms with Gasteiger partial charge in [-0.05, 0) is 58.4 Å². The molecule has 1 aromatic carbocycles. The van der Waals surface area contributed by atoms with Gasteiger partial charge in [-0.25, -0.2) is 4.79 Å². The molecule has 110 valence electrons. The van der Waals surface area contributed by atoms with Crippen LogP contribution in [0.4, 0.5) is 10.5 Å². The van der Waals surface area contributed by atoms with Gasteiger partial charge in [0.1, 0.15) is 11.9 Å². The summed E-state index contributed by atoms with van der Waals surface area (Å²) in [5.41, 5.74) is -0.182. The van der Waals surface area contributed by atoms with Gasteiger partial charge in [-0.2, -0.15) is 0 Å². The van der Waals surface area contributed by atoms with Crippen molar-refractivity contribution in [2.24, 2.45) is 0 Å².